The SMILES string of the molecule is Cc1cccc(-n2ncc3c2COC/C3=N\[S@@+]([O-])C(C)(C)C)c1Cl. The quantitative estimate of drug-likeness (QED) is 0.763. The Hall–Kier alpha value is -1.34. The van der Waals surface area contributed by atoms with E-state index in [-0.39, 0.29) is 0 Å². The molecule has 1 aromatic carbocycles. The molecule has 7 heteroatoms. The standard InChI is InChI=1S/C17H20ClN3O2S/c1-11-6-5-7-14(16(11)18)21-15-10-23-9-13(12(15)8-19-21)20-24(22)17(2,3)4/h5-8H,9-10H2,1-4H3/b20-13+/t24-/m0/s1. The highest BCUT2D eigenvalue weighted by Crippen LogP contribution is 2.28. The molecule has 0 fully saturated rings. The monoisotopic (exact) mass is 365 g/mol. The van der Waals surface area contributed by atoms with E-state index in [0.29, 0.717) is 23.9 Å². The van der Waals surface area contributed by atoms with Crippen molar-refractivity contribution in [3.05, 3.63) is 46.2 Å². The van der Waals surface area contributed by atoms with Crippen LogP contribution < -0.4 is 0 Å². The fourth-order valence-corrected chi connectivity index (χ4v) is 3.22. The Balaban J connectivity index is 2.05. The summed E-state index contributed by atoms with van der Waals surface area (Å²) in [6, 6.07) is 5.82. The maximum atomic E-state index is 12.3. The topological polar surface area (TPSA) is 62.5 Å². The molecule has 3 rings (SSSR count). The Kier molecular flexibility index (Phi) is 4.75. The lowest BCUT2D eigenvalue weighted by Gasteiger charge is -2.21. The second-order valence-corrected chi connectivity index (χ2v) is 9.00. The first-order valence-corrected chi connectivity index (χ1v) is 9.17. The lowest BCUT2D eigenvalue weighted by Crippen LogP contribution is -2.29. The van der Waals surface area contributed by atoms with Crippen LogP contribution in [0.3, 0.4) is 0 Å². The van der Waals surface area contributed by atoms with Gasteiger partial charge in [0.2, 0.25) is 0 Å². The Labute approximate surface area is 150 Å². The van der Waals surface area contributed by atoms with Crippen LogP contribution in [0.4, 0.5) is 0 Å². The molecule has 1 aromatic heterocycles. The number of halogens is 1. The number of rotatable bonds is 2. The van der Waals surface area contributed by atoms with Crippen molar-refractivity contribution >= 4 is 28.7 Å². The third-order valence-electron chi connectivity index (χ3n) is 3.77. The van der Waals surface area contributed by atoms with Crippen LogP contribution in [-0.4, -0.2) is 31.4 Å². The van der Waals surface area contributed by atoms with Gasteiger partial charge in [-0.05, 0) is 39.3 Å². The molecule has 0 spiro atoms. The predicted molar refractivity (Wildman–Crippen MR) is 97.4 cm³/mol. The number of ether oxygens (including phenoxy) is 1. The molecule has 0 saturated carbocycles. The Bertz CT molecular complexity index is 796. The highest BCUT2D eigenvalue weighted by molar-refractivity contribution is 7.91. The van der Waals surface area contributed by atoms with Gasteiger partial charge in [-0.25, -0.2) is 4.68 Å². The zero-order chi connectivity index (χ0) is 17.5. The second kappa shape index (κ2) is 6.52. The fourth-order valence-electron chi connectivity index (χ4n) is 2.39. The van der Waals surface area contributed by atoms with Gasteiger partial charge in [0, 0.05) is 5.56 Å². The van der Waals surface area contributed by atoms with Gasteiger partial charge in [-0.1, -0.05) is 28.1 Å². The third kappa shape index (κ3) is 3.24. The van der Waals surface area contributed by atoms with Crippen LogP contribution in [0.25, 0.3) is 5.69 Å². The van der Waals surface area contributed by atoms with Crippen molar-refractivity contribution in [3.63, 3.8) is 0 Å². The van der Waals surface area contributed by atoms with Crippen LogP contribution in [-0.2, 0) is 22.7 Å². The van der Waals surface area contributed by atoms with Gasteiger partial charge >= 0.3 is 0 Å². The summed E-state index contributed by atoms with van der Waals surface area (Å²) in [4.78, 5) is 0. The molecule has 24 heavy (non-hydrogen) atoms. The van der Waals surface area contributed by atoms with Crippen molar-refractivity contribution in [2.75, 3.05) is 6.61 Å². The molecule has 128 valence electrons. The summed E-state index contributed by atoms with van der Waals surface area (Å²) in [7, 11) is 0. The normalized spacial score (nSPS) is 17.8. The average Bonchev–Trinajstić information content (AvgIpc) is 2.94. The van der Waals surface area contributed by atoms with Crippen LogP contribution in [0.2, 0.25) is 5.02 Å². The molecule has 5 nitrogen and oxygen atoms in total. The first-order chi connectivity index (χ1) is 11.3. The third-order valence-corrected chi connectivity index (χ3v) is 5.70. The summed E-state index contributed by atoms with van der Waals surface area (Å²) in [5.41, 5.74) is 4.20. The number of nitrogens with zero attached hydrogens (tertiary/aromatic N) is 3. The van der Waals surface area contributed by atoms with E-state index >= 15 is 0 Å². The van der Waals surface area contributed by atoms with Crippen LogP contribution >= 0.6 is 11.6 Å². The van der Waals surface area contributed by atoms with Crippen molar-refractivity contribution in [1.82, 2.24) is 9.78 Å². The molecule has 0 bridgehead atoms. The van der Waals surface area contributed by atoms with Crippen LogP contribution in [0, 0.1) is 6.92 Å². The molecular formula is C17H20ClN3O2S. The molecular weight excluding hydrogens is 346 g/mol. The minimum atomic E-state index is -1.34. The van der Waals surface area contributed by atoms with E-state index < -0.39 is 16.1 Å². The second-order valence-electron chi connectivity index (χ2n) is 6.72. The summed E-state index contributed by atoms with van der Waals surface area (Å²) < 4.78 is 23.7. The minimum absolute atomic E-state index is 0.335. The maximum Gasteiger partial charge on any atom is 0.144 e. The van der Waals surface area contributed by atoms with Gasteiger partial charge in [0.25, 0.3) is 0 Å². The molecule has 0 aliphatic carbocycles. The van der Waals surface area contributed by atoms with E-state index in [1.165, 1.54) is 0 Å². The highest BCUT2D eigenvalue weighted by atomic mass is 35.5. The van der Waals surface area contributed by atoms with E-state index in [2.05, 4.69) is 9.50 Å². The molecule has 1 atom stereocenters. The van der Waals surface area contributed by atoms with Gasteiger partial charge in [-0.3, -0.25) is 0 Å². The number of benzene rings is 1. The van der Waals surface area contributed by atoms with Crippen molar-refractivity contribution in [2.45, 2.75) is 39.0 Å². The minimum Gasteiger partial charge on any atom is -0.591 e. The Morgan fingerprint density at radius 2 is 2.08 bits per heavy atom. The molecule has 2 heterocycles. The van der Waals surface area contributed by atoms with Gasteiger partial charge < -0.3 is 9.29 Å². The molecule has 0 saturated heterocycles. The highest BCUT2D eigenvalue weighted by Gasteiger charge is 2.30. The van der Waals surface area contributed by atoms with Gasteiger partial charge in [0.15, 0.2) is 0 Å². The Morgan fingerprint density at radius 3 is 2.79 bits per heavy atom. The average molecular weight is 366 g/mol. The fraction of sp³-hybridized carbons (Fsp3) is 0.412. The molecule has 2 aromatic rings. The maximum absolute atomic E-state index is 12.3. The summed E-state index contributed by atoms with van der Waals surface area (Å²) in [6.45, 7) is 8.40. The van der Waals surface area contributed by atoms with Crippen LogP contribution in [0.5, 0.6) is 0 Å². The van der Waals surface area contributed by atoms with Crippen molar-refractivity contribution in [1.29, 1.82) is 0 Å². The largest absolute Gasteiger partial charge is 0.591 e. The van der Waals surface area contributed by atoms with Crippen molar-refractivity contribution in [2.24, 2.45) is 4.40 Å². The molecule has 1 aliphatic rings. The Morgan fingerprint density at radius 1 is 1.33 bits per heavy atom. The molecule has 0 unspecified atom stereocenters. The van der Waals surface area contributed by atoms with Gasteiger partial charge in [-0.2, -0.15) is 5.10 Å². The van der Waals surface area contributed by atoms with E-state index in [1.54, 1.807) is 10.9 Å². The van der Waals surface area contributed by atoms with E-state index in [4.69, 9.17) is 16.3 Å². The molecule has 0 N–H and O–H groups in total. The summed E-state index contributed by atoms with van der Waals surface area (Å²) in [5.74, 6) is 0. The molecule has 0 amide bonds. The van der Waals surface area contributed by atoms with Crippen LogP contribution in [0.1, 0.15) is 37.6 Å². The molecule has 1 aliphatic heterocycles. The van der Waals surface area contributed by atoms with E-state index in [9.17, 15) is 4.55 Å². The first-order valence-electron chi connectivity index (χ1n) is 7.69. The number of aromatic nitrogens is 2. The number of hydrogen-bond acceptors (Lipinski definition) is 4. The van der Waals surface area contributed by atoms with Gasteiger partial charge in [-0.15, -0.1) is 0 Å². The first kappa shape index (κ1) is 17.5. The van der Waals surface area contributed by atoms with Gasteiger partial charge in [0.05, 0.1) is 35.8 Å². The lowest BCUT2D eigenvalue weighted by molar-refractivity contribution is 0.147. The lowest BCUT2D eigenvalue weighted by atomic mass is 10.1. The van der Waals surface area contributed by atoms with Crippen molar-refractivity contribution < 1.29 is 9.29 Å². The van der Waals surface area contributed by atoms with Crippen LogP contribution in [0.15, 0.2) is 28.8 Å². The number of hydrogen-bond donors (Lipinski definition) is 0. The van der Waals surface area contributed by atoms with Gasteiger partial charge in [0.1, 0.15) is 21.8 Å². The number of aryl methyl sites for hydroxylation is 1. The zero-order valence-electron chi connectivity index (χ0n) is 14.2. The summed E-state index contributed by atoms with van der Waals surface area (Å²) in [5, 5.41) is 5.12. The molecule has 0 radical (unpaired) electrons. The van der Waals surface area contributed by atoms with Crippen molar-refractivity contribution in [3.8, 4) is 5.69 Å². The number of fused-ring (bicyclic) bond motifs is 1. The summed E-state index contributed by atoms with van der Waals surface area (Å²) >= 11 is 5.09. The predicted octanol–water partition coefficient (Wildman–Crippen LogP) is 3.62. The smallest absolute Gasteiger partial charge is 0.144 e. The van der Waals surface area contributed by atoms with E-state index in [1.807, 2.05) is 45.9 Å². The zero-order valence-corrected chi connectivity index (χ0v) is 15.7. The van der Waals surface area contributed by atoms with E-state index in [0.717, 1.165) is 22.5 Å². The summed E-state index contributed by atoms with van der Waals surface area (Å²) in [6.07, 6.45) is 1.75.